The van der Waals surface area contributed by atoms with Crippen molar-refractivity contribution in [3.8, 4) is 0 Å². The van der Waals surface area contributed by atoms with Gasteiger partial charge in [0.2, 0.25) is 0 Å². The summed E-state index contributed by atoms with van der Waals surface area (Å²) in [6.07, 6.45) is 12.4. The zero-order chi connectivity index (χ0) is 17.7. The van der Waals surface area contributed by atoms with Gasteiger partial charge in [-0.05, 0) is 38.1 Å². The molecule has 126 valence electrons. The van der Waals surface area contributed by atoms with Crippen molar-refractivity contribution in [3.05, 3.63) is 77.2 Å². The highest BCUT2D eigenvalue weighted by molar-refractivity contribution is 6.19. The third kappa shape index (κ3) is 2.52. The molecule has 0 N–H and O–H groups in total. The van der Waals surface area contributed by atoms with Gasteiger partial charge in [-0.1, -0.05) is 41.5 Å². The van der Waals surface area contributed by atoms with E-state index in [9.17, 15) is 0 Å². The second-order valence-corrected chi connectivity index (χ2v) is 6.76. The summed E-state index contributed by atoms with van der Waals surface area (Å²) >= 11 is 0. The monoisotopic (exact) mass is 339 g/mol. The Bertz CT molecular complexity index is 978. The zero-order valence-electron chi connectivity index (χ0n) is 14.6. The first-order valence-corrected chi connectivity index (χ1v) is 8.69. The topological polar surface area (TPSA) is 62.3 Å². The first kappa shape index (κ1) is 15.1. The molecular weight excluding hydrogens is 322 g/mol. The van der Waals surface area contributed by atoms with Gasteiger partial charge in [0.05, 0.1) is 11.4 Å². The number of allylic oxidation sites excluding steroid dienone is 4. The van der Waals surface area contributed by atoms with Gasteiger partial charge < -0.3 is 0 Å². The van der Waals surface area contributed by atoms with Crippen LogP contribution in [0.2, 0.25) is 0 Å². The Hall–Kier alpha value is -3.21. The molecule has 2 atom stereocenters. The van der Waals surface area contributed by atoms with Crippen LogP contribution < -0.4 is 0 Å². The number of aliphatic imine (C=N–C) groups is 4. The summed E-state index contributed by atoms with van der Waals surface area (Å²) in [6, 6.07) is 5.84. The van der Waals surface area contributed by atoms with E-state index >= 15 is 0 Å². The van der Waals surface area contributed by atoms with Crippen LogP contribution in [0.4, 0.5) is 0 Å². The Morgan fingerprint density at radius 2 is 1.19 bits per heavy atom. The lowest BCUT2D eigenvalue weighted by Crippen LogP contribution is -2.12. The molecule has 5 heteroatoms. The van der Waals surface area contributed by atoms with Gasteiger partial charge in [-0.15, -0.1) is 0 Å². The molecule has 1 aromatic rings. The molecule has 4 aliphatic rings. The number of rotatable bonds is 2. The number of pyridine rings is 1. The smallest absolute Gasteiger partial charge is 0.174 e. The van der Waals surface area contributed by atoms with E-state index in [-0.39, 0.29) is 12.1 Å². The van der Waals surface area contributed by atoms with Crippen LogP contribution in [0.3, 0.4) is 0 Å². The summed E-state index contributed by atoms with van der Waals surface area (Å²) in [5.41, 5.74) is 5.85. The highest BCUT2D eigenvalue weighted by Crippen LogP contribution is 2.21. The van der Waals surface area contributed by atoms with Crippen molar-refractivity contribution >= 4 is 23.1 Å². The van der Waals surface area contributed by atoms with Crippen LogP contribution in [0, 0.1) is 0 Å². The second kappa shape index (κ2) is 5.66. The molecule has 26 heavy (non-hydrogen) atoms. The molecule has 2 unspecified atom stereocenters. The molecule has 2 aliphatic carbocycles. The summed E-state index contributed by atoms with van der Waals surface area (Å²) in [6.45, 7) is 4.14. The maximum Gasteiger partial charge on any atom is 0.174 e. The Morgan fingerprint density at radius 3 is 1.69 bits per heavy atom. The molecular formula is C21H17N5. The second-order valence-electron chi connectivity index (χ2n) is 6.76. The molecule has 0 bridgehead atoms. The average Bonchev–Trinajstić information content (AvgIpc) is 3.25. The summed E-state index contributed by atoms with van der Waals surface area (Å²) < 4.78 is 0. The zero-order valence-corrected chi connectivity index (χ0v) is 14.6. The van der Waals surface area contributed by atoms with E-state index in [4.69, 9.17) is 15.0 Å². The number of amidine groups is 2. The maximum atomic E-state index is 4.73. The highest BCUT2D eigenvalue weighted by Gasteiger charge is 2.25. The molecule has 5 nitrogen and oxygen atoms in total. The Balaban J connectivity index is 1.48. The fourth-order valence-electron chi connectivity index (χ4n) is 3.32. The largest absolute Gasteiger partial charge is 0.251 e. The normalized spacial score (nSPS) is 25.6. The van der Waals surface area contributed by atoms with E-state index < -0.39 is 0 Å². The molecule has 2 aliphatic heterocycles. The quantitative estimate of drug-likeness (QED) is 0.816. The Morgan fingerprint density at radius 1 is 0.692 bits per heavy atom. The van der Waals surface area contributed by atoms with Gasteiger partial charge in [0.25, 0.3) is 0 Å². The maximum absolute atomic E-state index is 4.73. The third-order valence-electron chi connectivity index (χ3n) is 4.68. The predicted octanol–water partition coefficient (Wildman–Crippen LogP) is 3.25. The molecule has 0 saturated heterocycles. The van der Waals surface area contributed by atoms with Crippen LogP contribution in [-0.4, -0.2) is 40.2 Å². The molecule has 0 aromatic carbocycles. The molecule has 0 amide bonds. The van der Waals surface area contributed by atoms with Crippen molar-refractivity contribution in [2.45, 2.75) is 25.9 Å². The van der Waals surface area contributed by atoms with Crippen LogP contribution in [0.1, 0.15) is 25.2 Å². The Kier molecular flexibility index (Phi) is 3.28. The van der Waals surface area contributed by atoms with E-state index in [0.717, 1.165) is 22.8 Å². The van der Waals surface area contributed by atoms with Gasteiger partial charge in [0, 0.05) is 0 Å². The number of fused-ring (bicyclic) bond motifs is 2. The highest BCUT2D eigenvalue weighted by atomic mass is 15.1. The predicted molar refractivity (Wildman–Crippen MR) is 106 cm³/mol. The van der Waals surface area contributed by atoms with Gasteiger partial charge >= 0.3 is 0 Å². The van der Waals surface area contributed by atoms with Crippen LogP contribution in [-0.2, 0) is 0 Å². The molecule has 3 heterocycles. The van der Waals surface area contributed by atoms with E-state index in [1.807, 2.05) is 30.4 Å². The summed E-state index contributed by atoms with van der Waals surface area (Å²) in [5, 5.41) is 0. The first-order valence-electron chi connectivity index (χ1n) is 8.69. The van der Waals surface area contributed by atoms with Crippen LogP contribution in [0.25, 0.3) is 0 Å². The van der Waals surface area contributed by atoms with Crippen molar-refractivity contribution in [2.24, 2.45) is 20.0 Å². The van der Waals surface area contributed by atoms with Gasteiger partial charge in [-0.3, -0.25) is 9.98 Å². The van der Waals surface area contributed by atoms with Crippen molar-refractivity contribution in [1.29, 1.82) is 0 Å². The van der Waals surface area contributed by atoms with Crippen molar-refractivity contribution in [3.63, 3.8) is 0 Å². The van der Waals surface area contributed by atoms with E-state index in [1.165, 1.54) is 11.1 Å². The number of aromatic nitrogens is 1. The van der Waals surface area contributed by atoms with Crippen LogP contribution in [0.5, 0.6) is 0 Å². The molecule has 5 rings (SSSR count). The van der Waals surface area contributed by atoms with E-state index in [0.29, 0.717) is 11.7 Å². The average molecular weight is 339 g/mol. The lowest BCUT2D eigenvalue weighted by molar-refractivity contribution is 1.08. The van der Waals surface area contributed by atoms with Gasteiger partial charge in [0.1, 0.15) is 23.5 Å². The fourth-order valence-corrected chi connectivity index (χ4v) is 3.32. The Labute approximate surface area is 151 Å². The lowest BCUT2D eigenvalue weighted by atomic mass is 10.0. The lowest BCUT2D eigenvalue weighted by Gasteiger charge is -2.07. The molecule has 0 fully saturated rings. The summed E-state index contributed by atoms with van der Waals surface area (Å²) in [5.74, 6) is 1.34. The minimum absolute atomic E-state index is 0.00522. The van der Waals surface area contributed by atoms with Gasteiger partial charge in [-0.25, -0.2) is 15.0 Å². The third-order valence-corrected chi connectivity index (χ3v) is 4.68. The molecule has 1 aromatic heterocycles. The van der Waals surface area contributed by atoms with Crippen molar-refractivity contribution in [2.75, 3.05) is 0 Å². The minimum Gasteiger partial charge on any atom is -0.251 e. The summed E-state index contributed by atoms with van der Waals surface area (Å²) in [4.78, 5) is 23.4. The van der Waals surface area contributed by atoms with Crippen molar-refractivity contribution in [1.82, 2.24) is 4.98 Å². The van der Waals surface area contributed by atoms with Crippen LogP contribution >= 0.6 is 0 Å². The number of nitrogens with zero attached hydrogens (tertiary/aromatic N) is 5. The summed E-state index contributed by atoms with van der Waals surface area (Å²) in [7, 11) is 0. The SMILES string of the molecule is CC1=CC2N=C(c3cccc(C4=NC5C=C(C)C=CC5=N4)n3)N=C2C=C1. The van der Waals surface area contributed by atoms with Crippen molar-refractivity contribution < 1.29 is 0 Å². The van der Waals surface area contributed by atoms with Gasteiger partial charge in [-0.2, -0.15) is 0 Å². The number of hydrogen-bond acceptors (Lipinski definition) is 5. The van der Waals surface area contributed by atoms with E-state index in [1.54, 1.807) is 0 Å². The standard InChI is InChI=1S/C21H17N5/c1-12-6-8-14-18(10-12)25-20(23-14)16-4-3-5-17(22-16)21-24-15-9-7-13(2)11-19(15)26-21/h3-11,18-19H,1-2H3. The first-order chi connectivity index (χ1) is 12.7. The fraction of sp³-hybridized carbons (Fsp3) is 0.190. The minimum atomic E-state index is 0.00522. The molecule has 0 radical (unpaired) electrons. The number of hydrogen-bond donors (Lipinski definition) is 0. The molecule has 0 spiro atoms. The van der Waals surface area contributed by atoms with E-state index in [2.05, 4.69) is 48.1 Å². The van der Waals surface area contributed by atoms with Gasteiger partial charge in [0.15, 0.2) is 11.7 Å². The molecule has 0 saturated carbocycles. The van der Waals surface area contributed by atoms with Crippen LogP contribution in [0.15, 0.2) is 85.8 Å².